The van der Waals surface area contributed by atoms with Crippen LogP contribution in [0.3, 0.4) is 0 Å². The van der Waals surface area contributed by atoms with Crippen LogP contribution in [0.15, 0.2) is 12.2 Å². The van der Waals surface area contributed by atoms with E-state index in [-0.39, 0.29) is 0 Å². The first kappa shape index (κ1) is 16.1. The van der Waals surface area contributed by atoms with Gasteiger partial charge in [-0.1, -0.05) is 65.1 Å². The number of hydrogen-bond acceptors (Lipinski definition) is 2. The summed E-state index contributed by atoms with van der Waals surface area (Å²) in [6.07, 6.45) is 10.3. The Labute approximate surface area is 118 Å². The highest BCUT2D eigenvalue weighted by Crippen LogP contribution is 2.38. The third-order valence-electron chi connectivity index (χ3n) is 4.49. The summed E-state index contributed by atoms with van der Waals surface area (Å²) in [6, 6.07) is 0. The van der Waals surface area contributed by atoms with Crippen molar-refractivity contribution in [1.82, 2.24) is 4.72 Å². The summed E-state index contributed by atoms with van der Waals surface area (Å²) < 4.78 is 3.44. The molecule has 2 unspecified atom stereocenters. The molecule has 1 aliphatic carbocycles. The lowest BCUT2D eigenvalue weighted by Crippen LogP contribution is -2.30. The molecule has 0 aromatic carbocycles. The molecule has 0 aromatic rings. The highest BCUT2D eigenvalue weighted by molar-refractivity contribution is 7.98. The first-order valence-electron chi connectivity index (χ1n) is 7.56. The van der Waals surface area contributed by atoms with Crippen molar-refractivity contribution in [3.8, 4) is 0 Å². The molecule has 1 nitrogen and oxygen atoms in total. The molecule has 1 N–H and O–H groups in total. The van der Waals surface area contributed by atoms with Gasteiger partial charge in [0.1, 0.15) is 0 Å². The molecule has 0 amide bonds. The van der Waals surface area contributed by atoms with E-state index < -0.39 is 0 Å². The lowest BCUT2D eigenvalue weighted by Gasteiger charge is -2.35. The van der Waals surface area contributed by atoms with Crippen LogP contribution in [0.4, 0.5) is 0 Å². The zero-order chi connectivity index (χ0) is 13.6. The van der Waals surface area contributed by atoms with Gasteiger partial charge in [-0.2, -0.15) is 0 Å². The lowest BCUT2D eigenvalue weighted by atomic mass is 9.76. The highest BCUT2D eigenvalue weighted by atomic mass is 32.2. The normalized spacial score (nSPS) is 20.3. The minimum absolute atomic E-state index is 0.414. The van der Waals surface area contributed by atoms with Gasteiger partial charge in [0.2, 0.25) is 0 Å². The van der Waals surface area contributed by atoms with Crippen molar-refractivity contribution in [2.45, 2.75) is 65.6 Å². The van der Waals surface area contributed by atoms with Gasteiger partial charge in [0, 0.05) is 11.8 Å². The van der Waals surface area contributed by atoms with Crippen molar-refractivity contribution in [2.24, 2.45) is 17.3 Å². The molecule has 2 atom stereocenters. The van der Waals surface area contributed by atoms with E-state index in [0.29, 0.717) is 16.6 Å². The van der Waals surface area contributed by atoms with E-state index in [1.165, 1.54) is 25.7 Å². The van der Waals surface area contributed by atoms with Crippen LogP contribution in [0.2, 0.25) is 0 Å². The van der Waals surface area contributed by atoms with Crippen LogP contribution < -0.4 is 4.72 Å². The fraction of sp³-hybridized carbons (Fsp3) is 0.875. The van der Waals surface area contributed by atoms with E-state index in [9.17, 15) is 0 Å². The van der Waals surface area contributed by atoms with Gasteiger partial charge in [-0.25, -0.2) is 0 Å². The van der Waals surface area contributed by atoms with Crippen molar-refractivity contribution in [1.29, 1.82) is 0 Å². The average molecular weight is 269 g/mol. The van der Waals surface area contributed by atoms with Gasteiger partial charge in [0.25, 0.3) is 0 Å². The van der Waals surface area contributed by atoms with E-state index in [1.54, 1.807) is 0 Å². The van der Waals surface area contributed by atoms with Gasteiger partial charge in [0.15, 0.2) is 0 Å². The fourth-order valence-corrected chi connectivity index (χ4v) is 3.13. The first-order chi connectivity index (χ1) is 8.51. The van der Waals surface area contributed by atoms with Crippen molar-refractivity contribution < 1.29 is 0 Å². The Balaban J connectivity index is 2.54. The Morgan fingerprint density at radius 1 is 1.33 bits per heavy atom. The Bertz CT molecular complexity index is 256. The maximum Gasteiger partial charge on any atom is 0.0403 e. The summed E-state index contributed by atoms with van der Waals surface area (Å²) in [7, 11) is 0. The van der Waals surface area contributed by atoms with Gasteiger partial charge >= 0.3 is 0 Å². The van der Waals surface area contributed by atoms with Crippen LogP contribution in [0.5, 0.6) is 0 Å². The summed E-state index contributed by atoms with van der Waals surface area (Å²) in [6.45, 7) is 12.7. The zero-order valence-electron chi connectivity index (χ0n) is 12.8. The van der Waals surface area contributed by atoms with E-state index in [1.807, 2.05) is 11.9 Å². The van der Waals surface area contributed by atoms with Crippen LogP contribution in [-0.2, 0) is 0 Å². The van der Waals surface area contributed by atoms with Gasteiger partial charge < -0.3 is 0 Å². The molecule has 1 aliphatic rings. The summed E-state index contributed by atoms with van der Waals surface area (Å²) in [5, 5.41) is 0.596. The number of allylic oxidation sites excluding steroid dienone is 1. The minimum atomic E-state index is 0.414. The predicted molar refractivity (Wildman–Crippen MR) is 84.8 cm³/mol. The average Bonchev–Trinajstić information content (AvgIpc) is 3.16. The zero-order valence-corrected chi connectivity index (χ0v) is 13.6. The van der Waals surface area contributed by atoms with Crippen molar-refractivity contribution in [3.05, 3.63) is 12.2 Å². The van der Waals surface area contributed by atoms with Gasteiger partial charge in [-0.05, 0) is 36.5 Å². The molecule has 106 valence electrons. The van der Waals surface area contributed by atoms with Crippen LogP contribution in [0.1, 0.15) is 60.3 Å². The van der Waals surface area contributed by atoms with Gasteiger partial charge in [-0.3, -0.25) is 4.72 Å². The Morgan fingerprint density at radius 3 is 2.50 bits per heavy atom. The van der Waals surface area contributed by atoms with Gasteiger partial charge in [0.05, 0.1) is 0 Å². The van der Waals surface area contributed by atoms with Crippen molar-refractivity contribution in [3.63, 3.8) is 0 Å². The summed E-state index contributed by atoms with van der Waals surface area (Å²) in [5.41, 5.74) is 0.414. The quantitative estimate of drug-likeness (QED) is 0.465. The Morgan fingerprint density at radius 2 is 2.00 bits per heavy atom. The van der Waals surface area contributed by atoms with E-state index in [4.69, 9.17) is 0 Å². The maximum atomic E-state index is 3.44. The second-order valence-electron chi connectivity index (χ2n) is 6.32. The number of hydrogen-bond donors (Lipinski definition) is 1. The molecule has 0 radical (unpaired) electrons. The number of rotatable bonds is 9. The second kappa shape index (κ2) is 7.59. The van der Waals surface area contributed by atoms with Crippen molar-refractivity contribution in [2.75, 3.05) is 6.54 Å². The molecule has 0 aromatic heterocycles. The molecule has 18 heavy (non-hydrogen) atoms. The molecule has 1 rings (SSSR count). The summed E-state index contributed by atoms with van der Waals surface area (Å²) >= 11 is 1.91. The van der Waals surface area contributed by atoms with Crippen LogP contribution >= 0.6 is 11.9 Å². The van der Waals surface area contributed by atoms with E-state index in [2.05, 4.69) is 51.5 Å². The standard InChI is InChI=1S/C16H31NS/c1-6-16(4,5)13(3)15(18-17-7-2)10-8-9-14-11-12-14/h8,10,13-15,17H,6-7,9,11-12H2,1-5H3/b10-8-. The lowest BCUT2D eigenvalue weighted by molar-refractivity contribution is 0.228. The molecule has 0 heterocycles. The molecule has 0 saturated heterocycles. The predicted octanol–water partition coefficient (Wildman–Crippen LogP) is 5.04. The Hall–Kier alpha value is 0.0500. The number of nitrogens with one attached hydrogen (secondary N) is 1. The smallest absolute Gasteiger partial charge is 0.0403 e. The SMILES string of the molecule is CCNSC(/C=C\CC1CC1)C(C)C(C)(C)CC. The fourth-order valence-electron chi connectivity index (χ4n) is 2.01. The van der Waals surface area contributed by atoms with Crippen molar-refractivity contribution >= 4 is 11.9 Å². The van der Waals surface area contributed by atoms with E-state index in [0.717, 1.165) is 12.5 Å². The third kappa shape index (κ3) is 5.36. The van der Waals surface area contributed by atoms with Crippen LogP contribution in [0.25, 0.3) is 0 Å². The summed E-state index contributed by atoms with van der Waals surface area (Å²) in [5.74, 6) is 1.70. The Kier molecular flexibility index (Phi) is 6.79. The van der Waals surface area contributed by atoms with Crippen LogP contribution in [0, 0.1) is 17.3 Å². The minimum Gasteiger partial charge on any atom is -0.264 e. The third-order valence-corrected chi connectivity index (χ3v) is 5.79. The monoisotopic (exact) mass is 269 g/mol. The maximum absolute atomic E-state index is 3.44. The topological polar surface area (TPSA) is 12.0 Å². The highest BCUT2D eigenvalue weighted by Gasteiger charge is 2.30. The largest absolute Gasteiger partial charge is 0.264 e. The first-order valence-corrected chi connectivity index (χ1v) is 8.44. The molecule has 1 fully saturated rings. The van der Waals surface area contributed by atoms with E-state index >= 15 is 0 Å². The molecule has 0 bridgehead atoms. The second-order valence-corrected chi connectivity index (χ2v) is 7.39. The van der Waals surface area contributed by atoms with Crippen LogP contribution in [-0.4, -0.2) is 11.8 Å². The summed E-state index contributed by atoms with van der Waals surface area (Å²) in [4.78, 5) is 0. The van der Waals surface area contributed by atoms with Gasteiger partial charge in [-0.15, -0.1) is 0 Å². The molecule has 2 heteroatoms. The molecule has 1 saturated carbocycles. The molecule has 0 spiro atoms. The molecular weight excluding hydrogens is 238 g/mol. The molecule has 0 aliphatic heterocycles. The molecular formula is C16H31NS.